The van der Waals surface area contributed by atoms with Crippen molar-refractivity contribution in [3.63, 3.8) is 0 Å². The minimum Gasteiger partial charge on any atom is -0.493 e. The van der Waals surface area contributed by atoms with Crippen molar-refractivity contribution >= 4 is 17.8 Å². The summed E-state index contributed by atoms with van der Waals surface area (Å²) < 4.78 is 5.86. The summed E-state index contributed by atoms with van der Waals surface area (Å²) in [4.78, 5) is 32.8. The molecule has 0 saturated carbocycles. The SMILES string of the molecule is CC.CC.NC1=NC2CCCCc3ccc4c(c3)C(CC4)NC(=O)c3ccc4c(c3)[C@@H](CCO4)N1C(=O)C2. The lowest BCUT2D eigenvalue weighted by Gasteiger charge is -2.38. The number of carbonyl (C=O) groups excluding carboxylic acids is 2. The van der Waals surface area contributed by atoms with Gasteiger partial charge in [0.2, 0.25) is 5.91 Å². The molecule has 4 heterocycles. The molecule has 0 aromatic heterocycles. The molecule has 3 atom stereocenters. The third-order valence-corrected chi connectivity index (χ3v) is 7.68. The molecule has 38 heavy (non-hydrogen) atoms. The Hall–Kier alpha value is -3.35. The first kappa shape index (κ1) is 27.7. The van der Waals surface area contributed by atoms with Crippen molar-refractivity contribution < 1.29 is 14.3 Å². The lowest BCUT2D eigenvalue weighted by molar-refractivity contribution is -0.130. The first-order chi connectivity index (χ1) is 18.6. The molecular formula is C31H42N4O3. The minimum absolute atomic E-state index is 0.00231. The second kappa shape index (κ2) is 12.5. The molecule has 2 amide bonds. The van der Waals surface area contributed by atoms with Gasteiger partial charge >= 0.3 is 0 Å². The molecule has 0 fully saturated rings. The van der Waals surface area contributed by atoms with Gasteiger partial charge in [0.1, 0.15) is 5.75 Å². The predicted octanol–water partition coefficient (Wildman–Crippen LogP) is 5.62. The van der Waals surface area contributed by atoms with Crippen molar-refractivity contribution in [2.75, 3.05) is 6.61 Å². The van der Waals surface area contributed by atoms with Gasteiger partial charge in [-0.1, -0.05) is 52.3 Å². The molecule has 6 bridgehead atoms. The number of amides is 2. The molecule has 7 rings (SSSR count). The van der Waals surface area contributed by atoms with E-state index in [1.54, 1.807) is 11.0 Å². The molecule has 2 aromatic rings. The van der Waals surface area contributed by atoms with E-state index in [0.717, 1.165) is 44.1 Å². The van der Waals surface area contributed by atoms with E-state index in [4.69, 9.17) is 15.5 Å². The van der Waals surface area contributed by atoms with E-state index < -0.39 is 0 Å². The highest BCUT2D eigenvalue weighted by Gasteiger charge is 2.37. The lowest BCUT2D eigenvalue weighted by Crippen LogP contribution is -2.50. The van der Waals surface area contributed by atoms with Crippen LogP contribution in [0, 0.1) is 0 Å². The van der Waals surface area contributed by atoms with Crippen molar-refractivity contribution in [2.45, 2.75) is 97.2 Å². The van der Waals surface area contributed by atoms with E-state index in [0.29, 0.717) is 30.8 Å². The number of rotatable bonds is 0. The van der Waals surface area contributed by atoms with Gasteiger partial charge in [-0.3, -0.25) is 14.5 Å². The minimum atomic E-state index is -0.276. The highest BCUT2D eigenvalue weighted by atomic mass is 16.5. The van der Waals surface area contributed by atoms with Crippen LogP contribution in [-0.4, -0.2) is 35.3 Å². The van der Waals surface area contributed by atoms with Crippen LogP contribution in [0.4, 0.5) is 0 Å². The number of aryl methyl sites for hydroxylation is 2. The Balaban J connectivity index is 0.000000804. The normalized spacial score (nSPS) is 23.8. The summed E-state index contributed by atoms with van der Waals surface area (Å²) in [6.45, 7) is 8.49. The molecular weight excluding hydrogens is 476 g/mol. The number of nitrogens with one attached hydrogen (secondary N) is 1. The van der Waals surface area contributed by atoms with E-state index in [1.165, 1.54) is 16.7 Å². The fourth-order valence-electron chi connectivity index (χ4n) is 5.92. The molecule has 0 radical (unpaired) electrons. The maximum atomic E-state index is 13.3. The van der Waals surface area contributed by atoms with Crippen LogP contribution >= 0.6 is 0 Å². The molecule has 0 saturated heterocycles. The van der Waals surface area contributed by atoms with Crippen molar-refractivity contribution in [2.24, 2.45) is 10.7 Å². The average molecular weight is 519 g/mol. The molecule has 7 heteroatoms. The van der Waals surface area contributed by atoms with E-state index in [2.05, 4.69) is 23.5 Å². The number of hydrogen-bond donors (Lipinski definition) is 2. The number of benzene rings is 2. The number of aliphatic imine (C=N–C) groups is 1. The van der Waals surface area contributed by atoms with E-state index >= 15 is 0 Å². The lowest BCUT2D eigenvalue weighted by atomic mass is 9.94. The topological polar surface area (TPSA) is 97.0 Å². The van der Waals surface area contributed by atoms with E-state index in [-0.39, 0.29) is 35.9 Å². The predicted molar refractivity (Wildman–Crippen MR) is 151 cm³/mol. The van der Waals surface area contributed by atoms with Crippen molar-refractivity contribution in [3.05, 3.63) is 64.2 Å². The standard InChI is InChI=1S/C27H30N4O3.2C2H6/c28-27-29-19-4-2-1-3-16-5-6-17-7-9-22(20(17)13-16)30-26(33)18-8-10-24-21(14-18)23(11-12-34-24)31(27)25(32)15-19;2*1-2/h5-6,8,10,13-14,19,22-23H,1-4,7,9,11-12,15H2,(H2,28,29)(H,30,33);2*1-2H3/t19?,22?,23-;;/m1../s1. The van der Waals surface area contributed by atoms with Gasteiger partial charge in [-0.05, 0) is 67.0 Å². The fourth-order valence-corrected chi connectivity index (χ4v) is 5.92. The summed E-state index contributed by atoms with van der Waals surface area (Å²) >= 11 is 0. The number of ether oxygens (including phenoxy) is 1. The van der Waals surface area contributed by atoms with Gasteiger partial charge in [-0.15, -0.1) is 0 Å². The van der Waals surface area contributed by atoms with Crippen LogP contribution in [0.15, 0.2) is 41.4 Å². The second-order valence-corrected chi connectivity index (χ2v) is 9.86. The fraction of sp³-hybridized carbons (Fsp3) is 0.516. The van der Waals surface area contributed by atoms with Gasteiger partial charge in [0.05, 0.1) is 24.7 Å². The molecule has 4 aliphatic heterocycles. The Morgan fingerprint density at radius 3 is 2.55 bits per heavy atom. The zero-order chi connectivity index (χ0) is 27.2. The van der Waals surface area contributed by atoms with Crippen molar-refractivity contribution in [3.8, 4) is 5.75 Å². The summed E-state index contributed by atoms with van der Waals surface area (Å²) in [6, 6.07) is 11.9. The first-order valence-corrected chi connectivity index (χ1v) is 14.4. The Labute approximate surface area is 226 Å². The van der Waals surface area contributed by atoms with Gasteiger partial charge < -0.3 is 15.8 Å². The molecule has 204 valence electrons. The number of nitrogens with two attached hydrogens (primary N) is 1. The van der Waals surface area contributed by atoms with Crippen LogP contribution in [0.25, 0.3) is 0 Å². The van der Waals surface area contributed by atoms with Gasteiger partial charge in [-0.2, -0.15) is 0 Å². The van der Waals surface area contributed by atoms with Gasteiger partial charge in [0.15, 0.2) is 5.96 Å². The number of guanidine groups is 1. The summed E-state index contributed by atoms with van der Waals surface area (Å²) in [7, 11) is 0. The Morgan fingerprint density at radius 2 is 1.76 bits per heavy atom. The zero-order valence-corrected chi connectivity index (χ0v) is 23.3. The first-order valence-electron chi connectivity index (χ1n) is 14.4. The van der Waals surface area contributed by atoms with Gasteiger partial charge in [0.25, 0.3) is 5.91 Å². The average Bonchev–Trinajstić information content (AvgIpc) is 3.34. The smallest absolute Gasteiger partial charge is 0.251 e. The summed E-state index contributed by atoms with van der Waals surface area (Å²) in [5.74, 6) is 0.864. The second-order valence-electron chi connectivity index (χ2n) is 9.86. The number of hydrogen-bond acceptors (Lipinski definition) is 5. The zero-order valence-electron chi connectivity index (χ0n) is 23.3. The maximum absolute atomic E-state index is 13.3. The molecule has 3 N–H and O–H groups in total. The third-order valence-electron chi connectivity index (χ3n) is 7.68. The van der Waals surface area contributed by atoms with Crippen LogP contribution in [-0.2, 0) is 17.6 Å². The molecule has 2 unspecified atom stereocenters. The van der Waals surface area contributed by atoms with E-state index in [9.17, 15) is 9.59 Å². The maximum Gasteiger partial charge on any atom is 0.251 e. The van der Waals surface area contributed by atoms with Gasteiger partial charge in [0, 0.05) is 24.0 Å². The molecule has 5 aliphatic rings. The molecule has 1 aliphatic carbocycles. The van der Waals surface area contributed by atoms with Crippen LogP contribution in [0.5, 0.6) is 5.75 Å². The van der Waals surface area contributed by atoms with Crippen LogP contribution < -0.4 is 15.8 Å². The monoisotopic (exact) mass is 518 g/mol. The summed E-state index contributed by atoms with van der Waals surface area (Å²) in [5, 5.41) is 3.25. The van der Waals surface area contributed by atoms with Crippen LogP contribution in [0.3, 0.4) is 0 Å². The summed E-state index contributed by atoms with van der Waals surface area (Å²) in [6.07, 6.45) is 6.75. The number of nitrogens with zero attached hydrogens (tertiary/aromatic N) is 2. The number of fused-ring (bicyclic) bond motifs is 5. The molecule has 2 aromatic carbocycles. The van der Waals surface area contributed by atoms with Crippen molar-refractivity contribution in [1.82, 2.24) is 10.2 Å². The van der Waals surface area contributed by atoms with Crippen LogP contribution in [0.1, 0.15) is 111 Å². The Kier molecular flexibility index (Phi) is 9.08. The largest absolute Gasteiger partial charge is 0.493 e. The Morgan fingerprint density at radius 1 is 0.947 bits per heavy atom. The van der Waals surface area contributed by atoms with Gasteiger partial charge in [-0.25, -0.2) is 4.99 Å². The quantitative estimate of drug-likeness (QED) is 0.473. The third kappa shape index (κ3) is 5.57. The van der Waals surface area contributed by atoms with E-state index in [1.807, 2.05) is 39.8 Å². The highest BCUT2D eigenvalue weighted by molar-refractivity contribution is 5.99. The summed E-state index contributed by atoms with van der Waals surface area (Å²) in [5.41, 5.74) is 11.6. The van der Waals surface area contributed by atoms with Crippen molar-refractivity contribution in [1.29, 1.82) is 0 Å². The molecule has 7 nitrogen and oxygen atoms in total. The highest BCUT2D eigenvalue weighted by Crippen LogP contribution is 2.39. The molecule has 0 spiro atoms. The van der Waals surface area contributed by atoms with Crippen LogP contribution in [0.2, 0.25) is 0 Å². The number of carbonyl (C=O) groups is 2. The Bertz CT molecular complexity index is 1190.